The van der Waals surface area contributed by atoms with Gasteiger partial charge in [-0.05, 0) is 18.6 Å². The van der Waals surface area contributed by atoms with Crippen molar-refractivity contribution in [3.05, 3.63) is 40.8 Å². The standard InChI is InChI=1S/C14H15NO2S/c1-9-5-4-6-10(7-9)12-8-11(15-2)13(18-12)14(16)17-3/h4-8,15H,1-3H3. The summed E-state index contributed by atoms with van der Waals surface area (Å²) in [5.74, 6) is -0.303. The molecule has 0 amide bonds. The van der Waals surface area contributed by atoms with E-state index in [1.807, 2.05) is 18.2 Å². The highest BCUT2D eigenvalue weighted by atomic mass is 32.1. The first-order valence-electron chi connectivity index (χ1n) is 5.62. The molecule has 2 aromatic rings. The van der Waals surface area contributed by atoms with E-state index >= 15 is 0 Å². The first kappa shape index (κ1) is 12.6. The lowest BCUT2D eigenvalue weighted by Crippen LogP contribution is -2.01. The summed E-state index contributed by atoms with van der Waals surface area (Å²) in [5, 5.41) is 3.03. The van der Waals surface area contributed by atoms with Crippen molar-refractivity contribution in [2.24, 2.45) is 0 Å². The summed E-state index contributed by atoms with van der Waals surface area (Å²) in [7, 11) is 3.20. The molecule has 0 aliphatic carbocycles. The molecule has 0 fully saturated rings. The topological polar surface area (TPSA) is 38.3 Å². The Kier molecular flexibility index (Phi) is 3.67. The zero-order valence-electron chi connectivity index (χ0n) is 10.6. The minimum Gasteiger partial charge on any atom is -0.465 e. The molecule has 0 saturated heterocycles. The van der Waals surface area contributed by atoms with Gasteiger partial charge in [0, 0.05) is 11.9 Å². The average Bonchev–Trinajstić information content (AvgIpc) is 2.82. The molecule has 3 nitrogen and oxygen atoms in total. The normalized spacial score (nSPS) is 10.2. The van der Waals surface area contributed by atoms with Crippen molar-refractivity contribution >= 4 is 23.0 Å². The van der Waals surface area contributed by atoms with Gasteiger partial charge in [-0.1, -0.05) is 29.8 Å². The van der Waals surface area contributed by atoms with Gasteiger partial charge in [-0.25, -0.2) is 4.79 Å². The molecule has 2 rings (SSSR count). The van der Waals surface area contributed by atoms with Gasteiger partial charge >= 0.3 is 5.97 Å². The Hall–Kier alpha value is -1.81. The lowest BCUT2D eigenvalue weighted by atomic mass is 10.1. The molecule has 0 spiro atoms. The van der Waals surface area contributed by atoms with Crippen LogP contribution in [0.5, 0.6) is 0 Å². The van der Waals surface area contributed by atoms with E-state index in [0.717, 1.165) is 16.1 Å². The molecule has 94 valence electrons. The lowest BCUT2D eigenvalue weighted by molar-refractivity contribution is 0.0607. The molecule has 1 aromatic carbocycles. The van der Waals surface area contributed by atoms with Crippen molar-refractivity contribution in [3.8, 4) is 10.4 Å². The summed E-state index contributed by atoms with van der Waals surface area (Å²) in [6, 6.07) is 10.2. The Balaban J connectivity index is 2.47. The molecular weight excluding hydrogens is 246 g/mol. The number of aryl methyl sites for hydroxylation is 1. The summed E-state index contributed by atoms with van der Waals surface area (Å²) in [4.78, 5) is 13.3. The Morgan fingerprint density at radius 3 is 2.72 bits per heavy atom. The number of benzene rings is 1. The van der Waals surface area contributed by atoms with E-state index in [9.17, 15) is 4.79 Å². The van der Waals surface area contributed by atoms with Crippen molar-refractivity contribution in [2.75, 3.05) is 19.5 Å². The molecule has 1 heterocycles. The zero-order valence-corrected chi connectivity index (χ0v) is 11.4. The third kappa shape index (κ3) is 2.38. The van der Waals surface area contributed by atoms with Gasteiger partial charge < -0.3 is 10.1 Å². The molecule has 0 aliphatic rings. The lowest BCUT2D eigenvalue weighted by Gasteiger charge is -1.98. The first-order chi connectivity index (χ1) is 8.65. The van der Waals surface area contributed by atoms with Gasteiger partial charge in [0.2, 0.25) is 0 Å². The number of ether oxygens (including phenoxy) is 1. The van der Waals surface area contributed by atoms with Gasteiger partial charge in [-0.15, -0.1) is 11.3 Å². The number of nitrogens with one attached hydrogen (secondary N) is 1. The van der Waals surface area contributed by atoms with Crippen LogP contribution in [0.15, 0.2) is 30.3 Å². The van der Waals surface area contributed by atoms with Crippen LogP contribution in [0.3, 0.4) is 0 Å². The maximum Gasteiger partial charge on any atom is 0.350 e. The summed E-state index contributed by atoms with van der Waals surface area (Å²) in [6.45, 7) is 2.05. The van der Waals surface area contributed by atoms with Gasteiger partial charge in [0.15, 0.2) is 0 Å². The number of rotatable bonds is 3. The van der Waals surface area contributed by atoms with Crippen molar-refractivity contribution in [1.82, 2.24) is 0 Å². The maximum atomic E-state index is 11.7. The average molecular weight is 261 g/mol. The molecule has 4 heteroatoms. The number of carbonyl (C=O) groups excluding carboxylic acids is 1. The highest BCUT2D eigenvalue weighted by Crippen LogP contribution is 2.35. The predicted molar refractivity (Wildman–Crippen MR) is 75.4 cm³/mol. The highest BCUT2D eigenvalue weighted by molar-refractivity contribution is 7.18. The monoisotopic (exact) mass is 261 g/mol. The van der Waals surface area contributed by atoms with Crippen LogP contribution in [-0.4, -0.2) is 20.1 Å². The summed E-state index contributed by atoms with van der Waals surface area (Å²) >= 11 is 1.44. The summed E-state index contributed by atoms with van der Waals surface area (Å²) < 4.78 is 4.78. The maximum absolute atomic E-state index is 11.7. The van der Waals surface area contributed by atoms with Gasteiger partial charge in [0.05, 0.1) is 12.8 Å². The second kappa shape index (κ2) is 5.23. The van der Waals surface area contributed by atoms with Crippen LogP contribution in [0.1, 0.15) is 15.2 Å². The second-order valence-corrected chi connectivity index (χ2v) is 5.02. The van der Waals surface area contributed by atoms with Crippen molar-refractivity contribution in [1.29, 1.82) is 0 Å². The molecule has 0 unspecified atom stereocenters. The number of hydrogen-bond donors (Lipinski definition) is 1. The van der Waals surface area contributed by atoms with E-state index in [2.05, 4.69) is 24.4 Å². The van der Waals surface area contributed by atoms with Gasteiger partial charge in [-0.3, -0.25) is 0 Å². The van der Waals surface area contributed by atoms with Crippen LogP contribution in [0.4, 0.5) is 5.69 Å². The van der Waals surface area contributed by atoms with Crippen LogP contribution in [-0.2, 0) is 4.74 Å². The smallest absolute Gasteiger partial charge is 0.350 e. The van der Waals surface area contributed by atoms with E-state index < -0.39 is 0 Å². The van der Waals surface area contributed by atoms with Gasteiger partial charge in [0.25, 0.3) is 0 Å². The van der Waals surface area contributed by atoms with Crippen LogP contribution in [0.2, 0.25) is 0 Å². The zero-order chi connectivity index (χ0) is 13.1. The van der Waals surface area contributed by atoms with Crippen molar-refractivity contribution in [3.63, 3.8) is 0 Å². The fourth-order valence-corrected chi connectivity index (χ4v) is 2.84. The van der Waals surface area contributed by atoms with Crippen molar-refractivity contribution < 1.29 is 9.53 Å². The quantitative estimate of drug-likeness (QED) is 0.859. The predicted octanol–water partition coefficient (Wildman–Crippen LogP) is 3.55. The molecule has 0 saturated carbocycles. The van der Waals surface area contributed by atoms with Crippen molar-refractivity contribution in [2.45, 2.75) is 6.92 Å². The van der Waals surface area contributed by atoms with E-state index in [0.29, 0.717) is 4.88 Å². The molecule has 0 bridgehead atoms. The SMILES string of the molecule is CNc1cc(-c2cccc(C)c2)sc1C(=O)OC. The number of anilines is 1. The van der Waals surface area contributed by atoms with Gasteiger partial charge in [0.1, 0.15) is 4.88 Å². The van der Waals surface area contributed by atoms with Crippen LogP contribution in [0, 0.1) is 6.92 Å². The second-order valence-electron chi connectivity index (χ2n) is 3.96. The van der Waals surface area contributed by atoms with E-state index in [-0.39, 0.29) is 5.97 Å². The Bertz CT molecular complexity index is 575. The largest absolute Gasteiger partial charge is 0.465 e. The number of esters is 1. The summed E-state index contributed by atoms with van der Waals surface area (Å²) in [6.07, 6.45) is 0. The fraction of sp³-hybridized carbons (Fsp3) is 0.214. The number of hydrogen-bond acceptors (Lipinski definition) is 4. The Morgan fingerprint density at radius 1 is 1.33 bits per heavy atom. The molecule has 1 aromatic heterocycles. The Labute approximate surface area is 110 Å². The van der Waals surface area contributed by atoms with Crippen LogP contribution < -0.4 is 5.32 Å². The third-order valence-corrected chi connectivity index (χ3v) is 3.84. The highest BCUT2D eigenvalue weighted by Gasteiger charge is 2.16. The fourth-order valence-electron chi connectivity index (χ4n) is 1.76. The minimum atomic E-state index is -0.303. The summed E-state index contributed by atoms with van der Waals surface area (Å²) in [5.41, 5.74) is 3.13. The number of thiophene rings is 1. The number of methoxy groups -OCH3 is 1. The molecule has 0 atom stereocenters. The molecule has 18 heavy (non-hydrogen) atoms. The molecular formula is C14H15NO2S. The van der Waals surface area contributed by atoms with Crippen LogP contribution >= 0.6 is 11.3 Å². The first-order valence-corrected chi connectivity index (χ1v) is 6.44. The number of carbonyl (C=O) groups is 1. The van der Waals surface area contributed by atoms with E-state index in [1.165, 1.54) is 24.0 Å². The molecule has 0 radical (unpaired) electrons. The molecule has 0 aliphatic heterocycles. The minimum absolute atomic E-state index is 0.303. The van der Waals surface area contributed by atoms with Crippen LogP contribution in [0.25, 0.3) is 10.4 Å². The van der Waals surface area contributed by atoms with E-state index in [4.69, 9.17) is 4.74 Å². The van der Waals surface area contributed by atoms with E-state index in [1.54, 1.807) is 7.05 Å². The Morgan fingerprint density at radius 2 is 2.11 bits per heavy atom. The molecule has 1 N–H and O–H groups in total. The van der Waals surface area contributed by atoms with Gasteiger partial charge in [-0.2, -0.15) is 0 Å². The third-order valence-electron chi connectivity index (χ3n) is 2.67.